The van der Waals surface area contributed by atoms with Crippen LogP contribution in [0.3, 0.4) is 0 Å². The Balaban J connectivity index is 2.72. The molecule has 0 fully saturated rings. The lowest BCUT2D eigenvalue weighted by Gasteiger charge is -2.21. The van der Waals surface area contributed by atoms with Crippen LogP contribution < -0.4 is 16.2 Å². The van der Waals surface area contributed by atoms with Crippen molar-refractivity contribution in [2.45, 2.75) is 31.0 Å². The number of sulfonamides is 1. The fraction of sp³-hybridized carbons (Fsp3) is 0.444. The summed E-state index contributed by atoms with van der Waals surface area (Å²) in [6.45, 7) is 3.39. The second-order valence-corrected chi connectivity index (χ2v) is 5.60. The summed E-state index contributed by atoms with van der Waals surface area (Å²) < 4.78 is 26.9. The van der Waals surface area contributed by atoms with Crippen LogP contribution in [-0.4, -0.2) is 19.9 Å². The standard InChI is InChI=1S/C9H15N3O4S/c1-9(2,8(10)13)12-5-6-3-4-7(16-6)17(11,14)15/h3-4,12H,5H2,1-2H3,(H2,10,13)(H2,11,14,15). The summed E-state index contributed by atoms with van der Waals surface area (Å²) in [7, 11) is -3.84. The number of amides is 1. The van der Waals surface area contributed by atoms with E-state index < -0.39 is 21.5 Å². The van der Waals surface area contributed by atoms with E-state index in [1.54, 1.807) is 13.8 Å². The van der Waals surface area contributed by atoms with Crippen molar-refractivity contribution in [2.75, 3.05) is 0 Å². The molecule has 7 nitrogen and oxygen atoms in total. The maximum Gasteiger partial charge on any atom is 0.271 e. The first-order valence-corrected chi connectivity index (χ1v) is 6.34. The SMILES string of the molecule is CC(C)(NCc1ccc(S(N)(=O)=O)o1)C(N)=O. The molecule has 1 rings (SSSR count). The zero-order valence-corrected chi connectivity index (χ0v) is 10.4. The predicted molar refractivity (Wildman–Crippen MR) is 60.2 cm³/mol. The van der Waals surface area contributed by atoms with Gasteiger partial charge in [-0.15, -0.1) is 0 Å². The molecule has 0 aromatic carbocycles. The van der Waals surface area contributed by atoms with Crippen molar-refractivity contribution in [3.63, 3.8) is 0 Å². The van der Waals surface area contributed by atoms with Crippen LogP contribution in [0.15, 0.2) is 21.6 Å². The normalized spacial score (nSPS) is 12.6. The van der Waals surface area contributed by atoms with E-state index in [-0.39, 0.29) is 11.6 Å². The quantitative estimate of drug-likeness (QED) is 0.644. The average Bonchev–Trinajstić information content (AvgIpc) is 2.62. The van der Waals surface area contributed by atoms with Gasteiger partial charge in [-0.05, 0) is 26.0 Å². The molecule has 1 aromatic rings. The summed E-state index contributed by atoms with van der Waals surface area (Å²) in [5.74, 6) is -0.168. The highest BCUT2D eigenvalue weighted by Gasteiger charge is 2.24. The number of carbonyl (C=O) groups is 1. The molecule has 0 saturated carbocycles. The molecule has 0 aliphatic rings. The number of furan rings is 1. The van der Waals surface area contributed by atoms with Crippen LogP contribution in [0.25, 0.3) is 0 Å². The van der Waals surface area contributed by atoms with Gasteiger partial charge in [0.2, 0.25) is 11.0 Å². The summed E-state index contributed by atoms with van der Waals surface area (Å²) in [5, 5.41) is 7.41. The Morgan fingerprint density at radius 2 is 2.06 bits per heavy atom. The monoisotopic (exact) mass is 261 g/mol. The minimum Gasteiger partial charge on any atom is -0.447 e. The first-order valence-electron chi connectivity index (χ1n) is 4.79. The van der Waals surface area contributed by atoms with Crippen LogP contribution in [0.1, 0.15) is 19.6 Å². The fourth-order valence-electron chi connectivity index (χ4n) is 1.00. The molecule has 0 saturated heterocycles. The summed E-state index contributed by atoms with van der Waals surface area (Å²) in [6, 6.07) is 2.72. The minimum atomic E-state index is -3.84. The molecule has 1 amide bonds. The molecule has 1 aromatic heterocycles. The number of primary sulfonamides is 1. The van der Waals surface area contributed by atoms with Gasteiger partial charge in [-0.1, -0.05) is 0 Å². The molecule has 1 heterocycles. The number of nitrogens with two attached hydrogens (primary N) is 2. The Kier molecular flexibility index (Phi) is 3.60. The van der Waals surface area contributed by atoms with Gasteiger partial charge < -0.3 is 10.2 Å². The minimum absolute atomic E-state index is 0.172. The zero-order chi connectivity index (χ0) is 13.3. The van der Waals surface area contributed by atoms with Crippen molar-refractivity contribution in [3.05, 3.63) is 17.9 Å². The summed E-state index contributed by atoms with van der Waals surface area (Å²) in [6.07, 6.45) is 0. The van der Waals surface area contributed by atoms with Gasteiger partial charge in [0.1, 0.15) is 5.76 Å². The molecule has 0 aliphatic carbocycles. The second-order valence-electron chi connectivity index (χ2n) is 4.11. The van der Waals surface area contributed by atoms with Crippen LogP contribution in [0, 0.1) is 0 Å². The smallest absolute Gasteiger partial charge is 0.271 e. The molecule has 0 radical (unpaired) electrons. The number of carbonyl (C=O) groups excluding carboxylic acids is 1. The largest absolute Gasteiger partial charge is 0.447 e. The molecule has 8 heteroatoms. The van der Waals surface area contributed by atoms with Gasteiger partial charge >= 0.3 is 0 Å². The van der Waals surface area contributed by atoms with E-state index in [9.17, 15) is 13.2 Å². The number of primary amides is 1. The molecule has 0 bridgehead atoms. The van der Waals surface area contributed by atoms with E-state index in [2.05, 4.69) is 5.32 Å². The Bertz CT molecular complexity index is 518. The van der Waals surface area contributed by atoms with Gasteiger partial charge in [0.25, 0.3) is 10.0 Å². The highest BCUT2D eigenvalue weighted by atomic mass is 32.2. The lowest BCUT2D eigenvalue weighted by Crippen LogP contribution is -2.50. The fourth-order valence-corrected chi connectivity index (χ4v) is 1.48. The van der Waals surface area contributed by atoms with E-state index >= 15 is 0 Å². The summed E-state index contributed by atoms with van der Waals surface area (Å²) >= 11 is 0. The molecule has 0 unspecified atom stereocenters. The Labute approximate surface area is 99.2 Å². The molecule has 0 spiro atoms. The molecular formula is C9H15N3O4S. The van der Waals surface area contributed by atoms with Crippen molar-refractivity contribution in [3.8, 4) is 0 Å². The second kappa shape index (κ2) is 4.47. The first kappa shape index (κ1) is 13.7. The Hall–Kier alpha value is -1.38. The number of hydrogen-bond acceptors (Lipinski definition) is 5. The average molecular weight is 261 g/mol. The highest BCUT2D eigenvalue weighted by Crippen LogP contribution is 2.13. The van der Waals surface area contributed by atoms with Gasteiger partial charge in [0, 0.05) is 0 Å². The third-order valence-electron chi connectivity index (χ3n) is 2.24. The van der Waals surface area contributed by atoms with Crippen LogP contribution >= 0.6 is 0 Å². The van der Waals surface area contributed by atoms with Crippen molar-refractivity contribution < 1.29 is 17.6 Å². The van der Waals surface area contributed by atoms with Crippen molar-refractivity contribution >= 4 is 15.9 Å². The summed E-state index contributed by atoms with van der Waals surface area (Å²) in [5.41, 5.74) is 4.25. The summed E-state index contributed by atoms with van der Waals surface area (Å²) in [4.78, 5) is 11.0. The number of nitrogens with one attached hydrogen (secondary N) is 1. The molecule has 17 heavy (non-hydrogen) atoms. The molecule has 96 valence electrons. The molecule has 5 N–H and O–H groups in total. The molecule has 0 aliphatic heterocycles. The van der Waals surface area contributed by atoms with E-state index in [0.717, 1.165) is 0 Å². The van der Waals surface area contributed by atoms with Gasteiger partial charge in [0.05, 0.1) is 12.1 Å². The van der Waals surface area contributed by atoms with Gasteiger partial charge in [-0.2, -0.15) is 0 Å². The Morgan fingerprint density at radius 1 is 1.47 bits per heavy atom. The molecule has 0 atom stereocenters. The van der Waals surface area contributed by atoms with Gasteiger partial charge in [0.15, 0.2) is 0 Å². The van der Waals surface area contributed by atoms with E-state index in [4.69, 9.17) is 15.3 Å². The van der Waals surface area contributed by atoms with E-state index in [1.165, 1.54) is 12.1 Å². The lowest BCUT2D eigenvalue weighted by atomic mass is 10.1. The maximum absolute atomic E-state index is 11.0. The predicted octanol–water partition coefficient (Wildman–Crippen LogP) is -0.719. The topological polar surface area (TPSA) is 128 Å². The van der Waals surface area contributed by atoms with Crippen LogP contribution in [-0.2, 0) is 21.4 Å². The third kappa shape index (κ3) is 3.55. The van der Waals surface area contributed by atoms with Gasteiger partial charge in [-0.3, -0.25) is 10.1 Å². The van der Waals surface area contributed by atoms with Crippen LogP contribution in [0.5, 0.6) is 0 Å². The zero-order valence-electron chi connectivity index (χ0n) is 9.56. The van der Waals surface area contributed by atoms with Crippen molar-refractivity contribution in [1.82, 2.24) is 5.32 Å². The lowest BCUT2D eigenvalue weighted by molar-refractivity contribution is -0.123. The van der Waals surface area contributed by atoms with Crippen molar-refractivity contribution in [2.24, 2.45) is 10.9 Å². The highest BCUT2D eigenvalue weighted by molar-refractivity contribution is 7.89. The van der Waals surface area contributed by atoms with Crippen LogP contribution in [0.4, 0.5) is 0 Å². The van der Waals surface area contributed by atoms with E-state index in [0.29, 0.717) is 5.76 Å². The number of hydrogen-bond donors (Lipinski definition) is 3. The third-order valence-corrected chi connectivity index (χ3v) is 3.02. The Morgan fingerprint density at radius 3 is 2.47 bits per heavy atom. The van der Waals surface area contributed by atoms with Gasteiger partial charge in [-0.25, -0.2) is 13.6 Å². The maximum atomic E-state index is 11.0. The molecular weight excluding hydrogens is 246 g/mol. The first-order chi connectivity index (χ1) is 7.63. The van der Waals surface area contributed by atoms with E-state index in [1.807, 2.05) is 0 Å². The van der Waals surface area contributed by atoms with Crippen LogP contribution in [0.2, 0.25) is 0 Å². The number of rotatable bonds is 5. The van der Waals surface area contributed by atoms with Crippen molar-refractivity contribution in [1.29, 1.82) is 0 Å².